The summed E-state index contributed by atoms with van der Waals surface area (Å²) in [6, 6.07) is 7.57. The largest absolute Gasteiger partial charge is 0.338 e. The fourth-order valence-electron chi connectivity index (χ4n) is 3.77. The summed E-state index contributed by atoms with van der Waals surface area (Å²) >= 11 is 6.14. The maximum atomic E-state index is 13.2. The second kappa shape index (κ2) is 8.23. The van der Waals surface area contributed by atoms with E-state index in [1.54, 1.807) is 6.20 Å². The molecule has 1 fully saturated rings. The lowest BCUT2D eigenvalue weighted by Gasteiger charge is -2.33. The van der Waals surface area contributed by atoms with Gasteiger partial charge >= 0.3 is 0 Å². The summed E-state index contributed by atoms with van der Waals surface area (Å²) in [5.74, 6) is 0.777. The van der Waals surface area contributed by atoms with E-state index in [2.05, 4.69) is 24.3 Å². The van der Waals surface area contributed by atoms with Crippen LogP contribution in [0.4, 0.5) is 0 Å². The smallest absolute Gasteiger partial charge is 0.257 e. The van der Waals surface area contributed by atoms with Gasteiger partial charge in [0.05, 0.1) is 23.1 Å². The zero-order valence-electron chi connectivity index (χ0n) is 15.7. The van der Waals surface area contributed by atoms with Gasteiger partial charge in [-0.3, -0.25) is 4.79 Å². The number of amides is 1. The molecule has 3 rings (SSSR count). The minimum atomic E-state index is 0.0859. The van der Waals surface area contributed by atoms with E-state index >= 15 is 0 Å². The van der Waals surface area contributed by atoms with Crippen LogP contribution in [0, 0.1) is 5.92 Å². The van der Waals surface area contributed by atoms with Crippen LogP contribution in [0.3, 0.4) is 0 Å². The lowest BCUT2D eigenvalue weighted by molar-refractivity contribution is 0.0672. The lowest BCUT2D eigenvalue weighted by atomic mass is 9.96. The zero-order chi connectivity index (χ0) is 18.7. The van der Waals surface area contributed by atoms with E-state index in [0.29, 0.717) is 16.5 Å². The van der Waals surface area contributed by atoms with Gasteiger partial charge in [0.15, 0.2) is 0 Å². The molecule has 0 spiro atoms. The molecule has 0 bridgehead atoms. The van der Waals surface area contributed by atoms with E-state index in [9.17, 15) is 4.79 Å². The number of rotatable bonds is 5. The van der Waals surface area contributed by atoms with Gasteiger partial charge in [-0.2, -0.15) is 5.10 Å². The molecule has 0 radical (unpaired) electrons. The van der Waals surface area contributed by atoms with Gasteiger partial charge in [0, 0.05) is 18.1 Å². The molecule has 1 saturated heterocycles. The summed E-state index contributed by atoms with van der Waals surface area (Å²) in [6.45, 7) is 6.75. The molecule has 1 unspecified atom stereocenters. The first-order chi connectivity index (χ1) is 12.5. The molecular formula is C20H27ClN4O. The molecule has 1 atom stereocenters. The van der Waals surface area contributed by atoms with Crippen molar-refractivity contribution in [1.82, 2.24) is 20.0 Å². The third kappa shape index (κ3) is 3.94. The molecule has 1 aliphatic rings. The Morgan fingerprint density at radius 2 is 2.23 bits per heavy atom. The van der Waals surface area contributed by atoms with Crippen molar-refractivity contribution in [2.75, 3.05) is 26.7 Å². The summed E-state index contributed by atoms with van der Waals surface area (Å²) in [7, 11) is 1.96. The summed E-state index contributed by atoms with van der Waals surface area (Å²) in [5, 5.41) is 8.41. The van der Waals surface area contributed by atoms with Gasteiger partial charge in [0.1, 0.15) is 0 Å². The fourth-order valence-corrected chi connectivity index (χ4v) is 3.95. The zero-order valence-corrected chi connectivity index (χ0v) is 16.5. The van der Waals surface area contributed by atoms with Crippen LogP contribution in [-0.4, -0.2) is 47.3 Å². The molecule has 0 saturated carbocycles. The molecule has 0 aliphatic carbocycles. The van der Waals surface area contributed by atoms with Gasteiger partial charge in [-0.05, 0) is 56.5 Å². The average molecular weight is 375 g/mol. The van der Waals surface area contributed by atoms with Crippen molar-refractivity contribution in [2.24, 2.45) is 5.92 Å². The Kier molecular flexibility index (Phi) is 5.99. The quantitative estimate of drug-likeness (QED) is 0.867. The molecule has 140 valence electrons. The molecular weight excluding hydrogens is 348 g/mol. The molecule has 1 aromatic carbocycles. The van der Waals surface area contributed by atoms with E-state index in [0.717, 1.165) is 37.4 Å². The normalized spacial score (nSPS) is 17.7. The number of hydrogen-bond acceptors (Lipinski definition) is 3. The molecule has 26 heavy (non-hydrogen) atoms. The highest BCUT2D eigenvalue weighted by Crippen LogP contribution is 2.27. The van der Waals surface area contributed by atoms with Crippen molar-refractivity contribution >= 4 is 17.5 Å². The highest BCUT2D eigenvalue weighted by atomic mass is 35.5. The van der Waals surface area contributed by atoms with Gasteiger partial charge in [0.25, 0.3) is 5.91 Å². The van der Waals surface area contributed by atoms with E-state index in [1.165, 1.54) is 6.42 Å². The lowest BCUT2D eigenvalue weighted by Crippen LogP contribution is -2.42. The van der Waals surface area contributed by atoms with E-state index < -0.39 is 0 Å². The van der Waals surface area contributed by atoms with Crippen molar-refractivity contribution in [3.8, 4) is 5.69 Å². The third-order valence-corrected chi connectivity index (χ3v) is 5.17. The molecule has 1 amide bonds. The summed E-state index contributed by atoms with van der Waals surface area (Å²) in [4.78, 5) is 15.2. The standard InChI is InChI=1S/C20H27ClN4O/c1-14(2)19-18(12-23-25(19)17-8-4-7-16(21)10-17)20(26)24-9-5-6-15(13-24)11-22-3/h4,7-8,10,12,14-15,22H,5-6,9,11,13H2,1-3H3. The Morgan fingerprint density at radius 1 is 1.42 bits per heavy atom. The van der Waals surface area contributed by atoms with Crippen LogP contribution in [0.15, 0.2) is 30.5 Å². The molecule has 1 aliphatic heterocycles. The minimum Gasteiger partial charge on any atom is -0.338 e. The van der Waals surface area contributed by atoms with Crippen molar-refractivity contribution in [3.63, 3.8) is 0 Å². The predicted octanol–water partition coefficient (Wildman–Crippen LogP) is 3.72. The summed E-state index contributed by atoms with van der Waals surface area (Å²) in [5.41, 5.74) is 2.52. The topological polar surface area (TPSA) is 50.2 Å². The highest BCUT2D eigenvalue weighted by Gasteiger charge is 2.28. The van der Waals surface area contributed by atoms with Crippen molar-refractivity contribution in [1.29, 1.82) is 0 Å². The molecule has 2 heterocycles. The monoisotopic (exact) mass is 374 g/mol. The van der Waals surface area contributed by atoms with Crippen LogP contribution in [0.2, 0.25) is 5.02 Å². The number of aromatic nitrogens is 2. The second-order valence-corrected chi connectivity index (χ2v) is 7.74. The van der Waals surface area contributed by atoms with E-state index in [1.807, 2.05) is 40.9 Å². The second-order valence-electron chi connectivity index (χ2n) is 7.31. The van der Waals surface area contributed by atoms with E-state index in [-0.39, 0.29) is 11.8 Å². The first-order valence-corrected chi connectivity index (χ1v) is 9.66. The summed E-state index contributed by atoms with van der Waals surface area (Å²) in [6.07, 6.45) is 3.93. The molecule has 2 aromatic rings. The number of piperidine rings is 1. The SMILES string of the molecule is CNCC1CCCN(C(=O)c2cnn(-c3cccc(Cl)c3)c2C(C)C)C1. The number of carbonyl (C=O) groups is 1. The molecule has 1 N–H and O–H groups in total. The van der Waals surface area contributed by atoms with Gasteiger partial charge in [-0.25, -0.2) is 4.68 Å². The van der Waals surface area contributed by atoms with Crippen molar-refractivity contribution < 1.29 is 4.79 Å². The van der Waals surface area contributed by atoms with E-state index in [4.69, 9.17) is 11.6 Å². The maximum absolute atomic E-state index is 13.2. The van der Waals surface area contributed by atoms with Crippen molar-refractivity contribution in [2.45, 2.75) is 32.6 Å². The Labute approximate surface area is 160 Å². The van der Waals surface area contributed by atoms with Crippen LogP contribution in [-0.2, 0) is 0 Å². The first-order valence-electron chi connectivity index (χ1n) is 9.29. The van der Waals surface area contributed by atoms with Crippen LogP contribution >= 0.6 is 11.6 Å². The first kappa shape index (κ1) is 18.9. The van der Waals surface area contributed by atoms with Gasteiger partial charge in [-0.1, -0.05) is 31.5 Å². The highest BCUT2D eigenvalue weighted by molar-refractivity contribution is 6.30. The van der Waals surface area contributed by atoms with Crippen LogP contribution in [0.5, 0.6) is 0 Å². The molecule has 6 heteroatoms. The van der Waals surface area contributed by atoms with Gasteiger partial charge in [0.2, 0.25) is 0 Å². The Hall–Kier alpha value is -1.85. The van der Waals surface area contributed by atoms with Crippen LogP contribution in [0.25, 0.3) is 5.69 Å². The number of benzene rings is 1. The number of carbonyl (C=O) groups excluding carboxylic acids is 1. The fraction of sp³-hybridized carbons (Fsp3) is 0.500. The summed E-state index contributed by atoms with van der Waals surface area (Å²) < 4.78 is 1.85. The predicted molar refractivity (Wildman–Crippen MR) is 105 cm³/mol. The van der Waals surface area contributed by atoms with Crippen LogP contribution in [0.1, 0.15) is 48.7 Å². The number of hydrogen-bond donors (Lipinski definition) is 1. The number of likely N-dealkylation sites (tertiary alicyclic amines) is 1. The maximum Gasteiger partial charge on any atom is 0.257 e. The Balaban J connectivity index is 1.91. The van der Waals surface area contributed by atoms with Crippen molar-refractivity contribution in [3.05, 3.63) is 46.7 Å². The Morgan fingerprint density at radius 3 is 2.92 bits per heavy atom. The van der Waals surface area contributed by atoms with Crippen LogP contribution < -0.4 is 5.32 Å². The van der Waals surface area contributed by atoms with Gasteiger partial charge < -0.3 is 10.2 Å². The number of nitrogens with one attached hydrogen (secondary N) is 1. The third-order valence-electron chi connectivity index (χ3n) is 4.94. The Bertz CT molecular complexity index is 769. The number of halogens is 1. The van der Waals surface area contributed by atoms with Gasteiger partial charge in [-0.15, -0.1) is 0 Å². The molecule has 5 nitrogen and oxygen atoms in total. The minimum absolute atomic E-state index is 0.0859. The number of nitrogens with zero attached hydrogens (tertiary/aromatic N) is 3. The average Bonchev–Trinajstić information content (AvgIpc) is 3.07. The molecule has 1 aromatic heterocycles.